The lowest BCUT2D eigenvalue weighted by atomic mass is 10.2. The zero-order valence-corrected chi connectivity index (χ0v) is 13.8. The molecule has 0 saturated heterocycles. The van der Waals surface area contributed by atoms with Gasteiger partial charge in [-0.05, 0) is 12.8 Å². The summed E-state index contributed by atoms with van der Waals surface area (Å²) in [6.45, 7) is 0. The molecule has 10 nitrogen and oxygen atoms in total. The molecule has 0 amide bonds. The minimum Gasteiger partial charge on any atom is -0.447 e. The van der Waals surface area contributed by atoms with E-state index in [-0.39, 0.29) is 25.7 Å². The first-order valence-electron chi connectivity index (χ1n) is 5.99. The monoisotopic (exact) mass is 362 g/mol. The molecule has 12 heteroatoms. The summed E-state index contributed by atoms with van der Waals surface area (Å²) in [6, 6.07) is 0. The zero-order chi connectivity index (χ0) is 17.2. The molecular weight excluding hydrogens is 344 g/mol. The number of rotatable bonds is 11. The van der Waals surface area contributed by atoms with Crippen molar-refractivity contribution < 1.29 is 44.3 Å². The standard InChI is InChI=1S/C10H18O10S2/c1-17-21(13,14)7-19-9(11)5-3-4-6-10(12)20-8-22(15,16)18-2/h3-8H2,1-2H3. The van der Waals surface area contributed by atoms with Gasteiger partial charge in [0.2, 0.25) is 11.9 Å². The summed E-state index contributed by atoms with van der Waals surface area (Å²) in [5.74, 6) is -3.26. The first-order chi connectivity index (χ1) is 10.1. The lowest BCUT2D eigenvalue weighted by molar-refractivity contribution is -0.144. The molecule has 0 aromatic carbocycles. The molecule has 0 aliphatic heterocycles. The molecule has 0 bridgehead atoms. The van der Waals surface area contributed by atoms with Crippen molar-refractivity contribution in [2.24, 2.45) is 0 Å². The van der Waals surface area contributed by atoms with Crippen molar-refractivity contribution in [1.29, 1.82) is 0 Å². The third-order valence-corrected chi connectivity index (χ3v) is 4.08. The number of ether oxygens (including phenoxy) is 2. The fourth-order valence-corrected chi connectivity index (χ4v) is 1.80. The van der Waals surface area contributed by atoms with Gasteiger partial charge < -0.3 is 9.47 Å². The predicted octanol–water partition coefficient (Wildman–Crippen LogP) is -0.499. The molecule has 0 rings (SSSR count). The van der Waals surface area contributed by atoms with Crippen molar-refractivity contribution in [2.45, 2.75) is 25.7 Å². The summed E-state index contributed by atoms with van der Waals surface area (Å²) in [4.78, 5) is 22.4. The van der Waals surface area contributed by atoms with Gasteiger partial charge in [0.1, 0.15) is 0 Å². The van der Waals surface area contributed by atoms with Gasteiger partial charge in [0.05, 0.1) is 14.2 Å². The maximum atomic E-state index is 11.2. The molecule has 0 aromatic heterocycles. The molecule has 0 atom stereocenters. The zero-order valence-electron chi connectivity index (χ0n) is 12.1. The second-order valence-corrected chi connectivity index (χ2v) is 7.29. The van der Waals surface area contributed by atoms with Crippen molar-refractivity contribution in [2.75, 3.05) is 26.1 Å². The topological polar surface area (TPSA) is 139 Å². The quantitative estimate of drug-likeness (QED) is 0.268. The van der Waals surface area contributed by atoms with Gasteiger partial charge in [-0.2, -0.15) is 16.8 Å². The van der Waals surface area contributed by atoms with Crippen LogP contribution >= 0.6 is 0 Å². The number of hydrogen-bond acceptors (Lipinski definition) is 10. The summed E-state index contributed by atoms with van der Waals surface area (Å²) in [5.41, 5.74) is 0. The van der Waals surface area contributed by atoms with Crippen LogP contribution in [0.3, 0.4) is 0 Å². The lowest BCUT2D eigenvalue weighted by Gasteiger charge is -2.05. The number of carbonyl (C=O) groups is 2. The highest BCUT2D eigenvalue weighted by atomic mass is 32.2. The summed E-state index contributed by atoms with van der Waals surface area (Å²) in [7, 11) is -5.85. The first-order valence-corrected chi connectivity index (χ1v) is 9.15. The van der Waals surface area contributed by atoms with Gasteiger partial charge in [-0.3, -0.25) is 18.0 Å². The molecule has 0 spiro atoms. The van der Waals surface area contributed by atoms with E-state index in [0.717, 1.165) is 14.2 Å². The number of carbonyl (C=O) groups excluding carboxylic acids is 2. The Morgan fingerprint density at radius 1 is 0.727 bits per heavy atom. The normalized spacial score (nSPS) is 11.9. The highest BCUT2D eigenvalue weighted by molar-refractivity contribution is 7.86. The Bertz CT molecular complexity index is 511. The molecular formula is C10H18O10S2. The Kier molecular flexibility index (Phi) is 9.16. The maximum absolute atomic E-state index is 11.2. The van der Waals surface area contributed by atoms with E-state index in [4.69, 9.17) is 0 Å². The van der Waals surface area contributed by atoms with Crippen LogP contribution in [0.1, 0.15) is 25.7 Å². The molecule has 0 aromatic rings. The summed E-state index contributed by atoms with van der Waals surface area (Å²) in [6.07, 6.45) is 0.307. The van der Waals surface area contributed by atoms with Gasteiger partial charge in [-0.15, -0.1) is 0 Å². The smallest absolute Gasteiger partial charge is 0.306 e. The number of esters is 2. The van der Waals surface area contributed by atoms with Crippen LogP contribution in [0.15, 0.2) is 0 Å². The largest absolute Gasteiger partial charge is 0.447 e. The third-order valence-electron chi connectivity index (χ3n) is 2.25. The van der Waals surface area contributed by atoms with E-state index in [1.807, 2.05) is 0 Å². The summed E-state index contributed by atoms with van der Waals surface area (Å²) in [5, 5.41) is 0. The number of hydrogen-bond donors (Lipinski definition) is 0. The van der Waals surface area contributed by atoms with Gasteiger partial charge in [-0.1, -0.05) is 0 Å². The van der Waals surface area contributed by atoms with Crippen molar-refractivity contribution >= 4 is 32.2 Å². The van der Waals surface area contributed by atoms with Crippen LogP contribution in [0.5, 0.6) is 0 Å². The maximum Gasteiger partial charge on any atom is 0.306 e. The first kappa shape index (κ1) is 20.8. The summed E-state index contributed by atoms with van der Waals surface area (Å²) < 4.78 is 60.6. The molecule has 0 unspecified atom stereocenters. The van der Waals surface area contributed by atoms with Crippen LogP contribution in [0.4, 0.5) is 0 Å². The fourth-order valence-electron chi connectivity index (χ4n) is 1.06. The molecule has 0 fully saturated rings. The van der Waals surface area contributed by atoms with Gasteiger partial charge in [0, 0.05) is 12.8 Å². The van der Waals surface area contributed by atoms with Crippen molar-refractivity contribution in [3.8, 4) is 0 Å². The Morgan fingerprint density at radius 2 is 1.05 bits per heavy atom. The van der Waals surface area contributed by atoms with E-state index in [2.05, 4.69) is 17.8 Å². The lowest BCUT2D eigenvalue weighted by Crippen LogP contribution is -2.16. The van der Waals surface area contributed by atoms with Crippen LogP contribution < -0.4 is 0 Å². The van der Waals surface area contributed by atoms with E-state index < -0.39 is 44.1 Å². The highest BCUT2D eigenvalue weighted by Crippen LogP contribution is 2.04. The van der Waals surface area contributed by atoms with E-state index in [1.54, 1.807) is 0 Å². The van der Waals surface area contributed by atoms with Crippen molar-refractivity contribution in [3.05, 3.63) is 0 Å². The van der Waals surface area contributed by atoms with Crippen LogP contribution in [-0.2, 0) is 47.7 Å². The van der Waals surface area contributed by atoms with E-state index in [1.165, 1.54) is 0 Å². The minimum atomic E-state index is -3.87. The number of unbranched alkanes of at least 4 members (excludes halogenated alkanes) is 1. The van der Waals surface area contributed by atoms with Crippen LogP contribution in [0, 0.1) is 0 Å². The Hall–Kier alpha value is -1.24. The van der Waals surface area contributed by atoms with Crippen molar-refractivity contribution in [3.63, 3.8) is 0 Å². The summed E-state index contributed by atoms with van der Waals surface area (Å²) >= 11 is 0. The minimum absolute atomic E-state index is 0.0944. The Morgan fingerprint density at radius 3 is 1.32 bits per heavy atom. The van der Waals surface area contributed by atoms with Crippen LogP contribution in [0.25, 0.3) is 0 Å². The average molecular weight is 362 g/mol. The van der Waals surface area contributed by atoms with Gasteiger partial charge >= 0.3 is 32.2 Å². The molecule has 0 radical (unpaired) electrons. The van der Waals surface area contributed by atoms with E-state index >= 15 is 0 Å². The highest BCUT2D eigenvalue weighted by Gasteiger charge is 2.14. The van der Waals surface area contributed by atoms with E-state index in [0.29, 0.717) is 0 Å². The SMILES string of the molecule is COS(=O)(=O)COC(=O)CCCCC(=O)OCS(=O)(=O)OC. The van der Waals surface area contributed by atoms with Gasteiger partial charge in [-0.25, -0.2) is 0 Å². The Labute approximate surface area is 128 Å². The average Bonchev–Trinajstić information content (AvgIpc) is 2.47. The van der Waals surface area contributed by atoms with Gasteiger partial charge in [0.25, 0.3) is 0 Å². The van der Waals surface area contributed by atoms with Gasteiger partial charge in [0.15, 0.2) is 0 Å². The molecule has 0 heterocycles. The van der Waals surface area contributed by atoms with E-state index in [9.17, 15) is 26.4 Å². The third kappa shape index (κ3) is 10.5. The predicted molar refractivity (Wildman–Crippen MR) is 72.2 cm³/mol. The molecule has 22 heavy (non-hydrogen) atoms. The van der Waals surface area contributed by atoms with Crippen molar-refractivity contribution in [1.82, 2.24) is 0 Å². The molecule has 0 aliphatic rings. The second kappa shape index (κ2) is 9.71. The molecule has 130 valence electrons. The van der Waals surface area contributed by atoms with Crippen LogP contribution in [0.2, 0.25) is 0 Å². The molecule has 0 N–H and O–H groups in total. The Balaban J connectivity index is 3.80. The molecule has 0 saturated carbocycles. The molecule has 0 aliphatic carbocycles. The fraction of sp³-hybridized carbons (Fsp3) is 0.800. The van der Waals surface area contributed by atoms with Crippen LogP contribution in [-0.4, -0.2) is 54.9 Å². The second-order valence-electron chi connectivity index (χ2n) is 3.92.